The van der Waals surface area contributed by atoms with Gasteiger partial charge in [-0.15, -0.1) is 0 Å². The highest BCUT2D eigenvalue weighted by molar-refractivity contribution is 6.00. The fourth-order valence-electron chi connectivity index (χ4n) is 3.02. The Balaban J connectivity index is 2.12. The zero-order valence-electron chi connectivity index (χ0n) is 14.9. The van der Waals surface area contributed by atoms with Gasteiger partial charge in [0.05, 0.1) is 18.3 Å². The van der Waals surface area contributed by atoms with Crippen molar-refractivity contribution in [3.8, 4) is 0 Å². The predicted molar refractivity (Wildman–Crippen MR) is 90.2 cm³/mol. The van der Waals surface area contributed by atoms with Crippen LogP contribution in [0.1, 0.15) is 46.0 Å². The van der Waals surface area contributed by atoms with Gasteiger partial charge in [-0.2, -0.15) is 0 Å². The molecule has 1 fully saturated rings. The SMILES string of the molecule is Cc1[nH]c(C(=O)N2CCN(CCO)CC2)c(C)c1C(=O)OC(C)C. The van der Waals surface area contributed by atoms with Crippen LogP contribution in [0.3, 0.4) is 0 Å². The Morgan fingerprint density at radius 1 is 1.21 bits per heavy atom. The van der Waals surface area contributed by atoms with E-state index in [0.717, 1.165) is 13.1 Å². The number of carbonyl (C=O) groups is 2. The maximum Gasteiger partial charge on any atom is 0.340 e. The molecule has 0 saturated carbocycles. The van der Waals surface area contributed by atoms with Gasteiger partial charge in [0.15, 0.2) is 0 Å². The van der Waals surface area contributed by atoms with Gasteiger partial charge in [0, 0.05) is 38.4 Å². The molecule has 2 heterocycles. The Bertz CT molecular complexity index is 601. The number of H-pyrrole nitrogens is 1. The number of esters is 1. The van der Waals surface area contributed by atoms with Crippen LogP contribution in [0.15, 0.2) is 0 Å². The summed E-state index contributed by atoms with van der Waals surface area (Å²) < 4.78 is 5.26. The summed E-state index contributed by atoms with van der Waals surface area (Å²) in [4.78, 5) is 32.0. The lowest BCUT2D eigenvalue weighted by Crippen LogP contribution is -2.49. The molecule has 2 rings (SSSR count). The van der Waals surface area contributed by atoms with Crippen molar-refractivity contribution < 1.29 is 19.4 Å². The summed E-state index contributed by atoms with van der Waals surface area (Å²) in [7, 11) is 0. The smallest absolute Gasteiger partial charge is 0.340 e. The van der Waals surface area contributed by atoms with E-state index in [1.807, 2.05) is 0 Å². The third-order valence-corrected chi connectivity index (χ3v) is 4.27. The normalized spacial score (nSPS) is 15.8. The predicted octanol–water partition coefficient (Wildman–Crippen LogP) is 0.947. The van der Waals surface area contributed by atoms with Crippen molar-refractivity contribution >= 4 is 11.9 Å². The average molecular weight is 337 g/mol. The summed E-state index contributed by atoms with van der Waals surface area (Å²) in [5, 5.41) is 8.98. The Morgan fingerprint density at radius 3 is 2.38 bits per heavy atom. The Hall–Kier alpha value is -1.86. The molecule has 0 aliphatic carbocycles. The maximum absolute atomic E-state index is 12.8. The molecule has 1 aliphatic rings. The van der Waals surface area contributed by atoms with Gasteiger partial charge >= 0.3 is 5.97 Å². The van der Waals surface area contributed by atoms with Crippen LogP contribution in [-0.2, 0) is 4.74 Å². The number of aromatic nitrogens is 1. The number of rotatable bonds is 5. The second-order valence-electron chi connectivity index (χ2n) is 6.44. The third kappa shape index (κ3) is 3.96. The van der Waals surface area contributed by atoms with E-state index in [-0.39, 0.29) is 18.6 Å². The zero-order chi connectivity index (χ0) is 17.9. The molecule has 24 heavy (non-hydrogen) atoms. The lowest BCUT2D eigenvalue weighted by molar-refractivity contribution is 0.0376. The van der Waals surface area contributed by atoms with E-state index >= 15 is 0 Å². The molecule has 1 aromatic heterocycles. The van der Waals surface area contributed by atoms with E-state index in [4.69, 9.17) is 9.84 Å². The highest BCUT2D eigenvalue weighted by atomic mass is 16.5. The van der Waals surface area contributed by atoms with Crippen molar-refractivity contribution in [2.24, 2.45) is 0 Å². The number of hydrogen-bond acceptors (Lipinski definition) is 5. The first kappa shape index (κ1) is 18.5. The molecule has 7 heteroatoms. The van der Waals surface area contributed by atoms with Gasteiger partial charge in [-0.3, -0.25) is 9.69 Å². The van der Waals surface area contributed by atoms with Gasteiger partial charge in [0.1, 0.15) is 5.69 Å². The molecule has 0 bridgehead atoms. The number of aliphatic hydroxyl groups excluding tert-OH is 1. The fourth-order valence-corrected chi connectivity index (χ4v) is 3.02. The van der Waals surface area contributed by atoms with E-state index in [2.05, 4.69) is 9.88 Å². The molecule has 7 nitrogen and oxygen atoms in total. The molecule has 0 atom stereocenters. The summed E-state index contributed by atoms with van der Waals surface area (Å²) in [5.41, 5.74) is 2.20. The van der Waals surface area contributed by atoms with Gasteiger partial charge in [-0.1, -0.05) is 0 Å². The van der Waals surface area contributed by atoms with Crippen LogP contribution in [0.5, 0.6) is 0 Å². The van der Waals surface area contributed by atoms with Crippen LogP contribution in [0.4, 0.5) is 0 Å². The Labute approximate surface area is 142 Å². The number of carbonyl (C=O) groups excluding carboxylic acids is 2. The number of aromatic amines is 1. The number of hydrogen-bond donors (Lipinski definition) is 2. The van der Waals surface area contributed by atoms with Crippen molar-refractivity contribution in [3.63, 3.8) is 0 Å². The lowest BCUT2D eigenvalue weighted by atomic mass is 10.1. The summed E-state index contributed by atoms with van der Waals surface area (Å²) in [6.45, 7) is 10.6. The quantitative estimate of drug-likeness (QED) is 0.781. The number of β-amino-alcohol motifs (C(OH)–C–C–N with tert-alkyl or cyclic N) is 1. The molecule has 134 valence electrons. The lowest BCUT2D eigenvalue weighted by Gasteiger charge is -2.34. The van der Waals surface area contributed by atoms with E-state index < -0.39 is 5.97 Å². The van der Waals surface area contributed by atoms with E-state index in [9.17, 15) is 9.59 Å². The number of nitrogens with zero attached hydrogens (tertiary/aromatic N) is 2. The van der Waals surface area contributed by atoms with E-state index in [0.29, 0.717) is 42.1 Å². The summed E-state index contributed by atoms with van der Waals surface area (Å²) in [6.07, 6.45) is -0.204. The minimum absolute atomic E-state index is 0.0946. The molecule has 0 aromatic carbocycles. The second-order valence-corrected chi connectivity index (χ2v) is 6.44. The number of aliphatic hydroxyl groups is 1. The van der Waals surface area contributed by atoms with Gasteiger partial charge in [0.25, 0.3) is 5.91 Å². The van der Waals surface area contributed by atoms with Crippen molar-refractivity contribution in [1.82, 2.24) is 14.8 Å². The first-order valence-electron chi connectivity index (χ1n) is 8.37. The Kier molecular flexibility index (Phi) is 6.01. The number of nitrogens with one attached hydrogen (secondary N) is 1. The third-order valence-electron chi connectivity index (χ3n) is 4.27. The van der Waals surface area contributed by atoms with Crippen molar-refractivity contribution in [3.05, 3.63) is 22.5 Å². The minimum atomic E-state index is -0.400. The van der Waals surface area contributed by atoms with Gasteiger partial charge in [-0.25, -0.2) is 4.79 Å². The molecular formula is C17H27N3O4. The van der Waals surface area contributed by atoms with Crippen LogP contribution in [0.25, 0.3) is 0 Å². The minimum Gasteiger partial charge on any atom is -0.459 e. The van der Waals surface area contributed by atoms with E-state index in [1.54, 1.807) is 32.6 Å². The summed E-state index contributed by atoms with van der Waals surface area (Å²) >= 11 is 0. The van der Waals surface area contributed by atoms with Crippen LogP contribution >= 0.6 is 0 Å². The monoisotopic (exact) mass is 337 g/mol. The molecular weight excluding hydrogens is 310 g/mol. The first-order valence-corrected chi connectivity index (χ1v) is 8.37. The molecule has 0 radical (unpaired) electrons. The van der Waals surface area contributed by atoms with Crippen LogP contribution < -0.4 is 0 Å². The molecule has 2 N–H and O–H groups in total. The molecule has 1 saturated heterocycles. The first-order chi connectivity index (χ1) is 11.3. The number of piperazine rings is 1. The zero-order valence-corrected chi connectivity index (χ0v) is 14.9. The number of ether oxygens (including phenoxy) is 1. The molecule has 1 amide bonds. The fraction of sp³-hybridized carbons (Fsp3) is 0.647. The molecule has 0 unspecified atom stereocenters. The van der Waals surface area contributed by atoms with E-state index in [1.165, 1.54) is 0 Å². The van der Waals surface area contributed by atoms with Crippen molar-refractivity contribution in [2.45, 2.75) is 33.8 Å². The topological polar surface area (TPSA) is 85.9 Å². The molecule has 0 spiro atoms. The average Bonchev–Trinajstić information content (AvgIpc) is 2.82. The highest BCUT2D eigenvalue weighted by Gasteiger charge is 2.28. The standard InChI is InChI=1S/C17H27N3O4/c1-11(2)24-17(23)14-12(3)15(18-13(14)4)16(22)20-7-5-19(6-8-20)9-10-21/h11,18,21H,5-10H2,1-4H3. The van der Waals surface area contributed by atoms with Gasteiger partial charge in [0.2, 0.25) is 0 Å². The Morgan fingerprint density at radius 2 is 1.83 bits per heavy atom. The molecule has 1 aliphatic heterocycles. The van der Waals surface area contributed by atoms with Gasteiger partial charge in [-0.05, 0) is 33.3 Å². The highest BCUT2D eigenvalue weighted by Crippen LogP contribution is 2.21. The van der Waals surface area contributed by atoms with Crippen molar-refractivity contribution in [2.75, 3.05) is 39.3 Å². The molecule has 1 aromatic rings. The van der Waals surface area contributed by atoms with Crippen LogP contribution in [0.2, 0.25) is 0 Å². The summed E-state index contributed by atoms with van der Waals surface area (Å²) in [5.74, 6) is -0.495. The summed E-state index contributed by atoms with van der Waals surface area (Å²) in [6, 6.07) is 0. The number of amides is 1. The van der Waals surface area contributed by atoms with Crippen molar-refractivity contribution in [1.29, 1.82) is 0 Å². The van der Waals surface area contributed by atoms with Crippen LogP contribution in [0, 0.1) is 13.8 Å². The maximum atomic E-state index is 12.8. The largest absolute Gasteiger partial charge is 0.459 e. The van der Waals surface area contributed by atoms with Gasteiger partial charge < -0.3 is 19.7 Å². The van der Waals surface area contributed by atoms with Crippen LogP contribution in [-0.4, -0.2) is 77.2 Å². The second kappa shape index (κ2) is 7.81. The number of aryl methyl sites for hydroxylation is 1.